The van der Waals surface area contributed by atoms with Crippen LogP contribution in [0.4, 0.5) is 5.95 Å². The lowest BCUT2D eigenvalue weighted by Crippen LogP contribution is -2.23. The van der Waals surface area contributed by atoms with Crippen molar-refractivity contribution in [3.8, 4) is 6.07 Å². The average Bonchev–Trinajstić information content (AvgIpc) is 2.31. The van der Waals surface area contributed by atoms with Gasteiger partial charge in [-0.3, -0.25) is 0 Å². The Morgan fingerprint density at radius 3 is 2.87 bits per heavy atom. The van der Waals surface area contributed by atoms with Gasteiger partial charge in [-0.2, -0.15) is 5.26 Å². The number of nitrogens with zero attached hydrogens (tertiary/aromatic N) is 3. The van der Waals surface area contributed by atoms with Crippen molar-refractivity contribution in [1.82, 2.24) is 9.97 Å². The molecule has 1 aliphatic carbocycles. The van der Waals surface area contributed by atoms with Gasteiger partial charge in [0.15, 0.2) is 0 Å². The highest BCUT2D eigenvalue weighted by Gasteiger charge is 2.13. The first kappa shape index (κ1) is 9.91. The standard InChI is InChI=1S/C11H14N4/c12-8-10-6-7-13-11(15-10)14-9-4-2-1-3-5-9/h6-7,9H,1-5H2,(H,13,14,15). The van der Waals surface area contributed by atoms with Gasteiger partial charge in [0.25, 0.3) is 0 Å². The van der Waals surface area contributed by atoms with Crippen molar-refractivity contribution in [3.05, 3.63) is 18.0 Å². The van der Waals surface area contributed by atoms with E-state index in [1.807, 2.05) is 6.07 Å². The van der Waals surface area contributed by atoms with Crippen LogP contribution in [-0.2, 0) is 0 Å². The van der Waals surface area contributed by atoms with Gasteiger partial charge in [0, 0.05) is 12.2 Å². The molecule has 0 amide bonds. The topological polar surface area (TPSA) is 61.6 Å². The zero-order chi connectivity index (χ0) is 10.5. The van der Waals surface area contributed by atoms with Gasteiger partial charge in [0.05, 0.1) is 0 Å². The Morgan fingerprint density at radius 1 is 1.33 bits per heavy atom. The van der Waals surface area contributed by atoms with E-state index in [2.05, 4.69) is 15.3 Å². The van der Waals surface area contributed by atoms with Gasteiger partial charge in [0.1, 0.15) is 11.8 Å². The third kappa shape index (κ3) is 2.66. The molecular formula is C11H14N4. The number of hydrogen-bond acceptors (Lipinski definition) is 4. The predicted octanol–water partition coefficient (Wildman–Crippen LogP) is 2.09. The summed E-state index contributed by atoms with van der Waals surface area (Å²) in [6, 6.07) is 4.11. The van der Waals surface area contributed by atoms with Crippen LogP contribution in [0, 0.1) is 11.3 Å². The molecule has 0 spiro atoms. The molecule has 78 valence electrons. The van der Waals surface area contributed by atoms with Crippen LogP contribution in [0.1, 0.15) is 37.8 Å². The summed E-state index contributed by atoms with van der Waals surface area (Å²) < 4.78 is 0. The first-order chi connectivity index (χ1) is 7.38. The molecule has 4 nitrogen and oxygen atoms in total. The van der Waals surface area contributed by atoms with Gasteiger partial charge >= 0.3 is 0 Å². The lowest BCUT2D eigenvalue weighted by molar-refractivity contribution is 0.461. The Labute approximate surface area is 89.4 Å². The van der Waals surface area contributed by atoms with Gasteiger partial charge in [-0.15, -0.1) is 0 Å². The maximum Gasteiger partial charge on any atom is 0.224 e. The summed E-state index contributed by atoms with van der Waals surface area (Å²) in [6.45, 7) is 0. The highest BCUT2D eigenvalue weighted by Crippen LogP contribution is 2.19. The van der Waals surface area contributed by atoms with Gasteiger partial charge in [0.2, 0.25) is 5.95 Å². The van der Waals surface area contributed by atoms with E-state index in [1.54, 1.807) is 12.3 Å². The number of nitrogens with one attached hydrogen (secondary N) is 1. The van der Waals surface area contributed by atoms with E-state index in [0.29, 0.717) is 17.7 Å². The van der Waals surface area contributed by atoms with Crippen molar-refractivity contribution in [3.63, 3.8) is 0 Å². The zero-order valence-corrected chi connectivity index (χ0v) is 8.61. The molecule has 1 aliphatic rings. The summed E-state index contributed by atoms with van der Waals surface area (Å²) in [7, 11) is 0. The highest BCUT2D eigenvalue weighted by molar-refractivity contribution is 5.31. The highest BCUT2D eigenvalue weighted by atomic mass is 15.1. The molecule has 0 aliphatic heterocycles. The molecule has 0 saturated heterocycles. The first-order valence-corrected chi connectivity index (χ1v) is 5.38. The smallest absolute Gasteiger partial charge is 0.224 e. The second kappa shape index (κ2) is 4.74. The largest absolute Gasteiger partial charge is 0.351 e. The Balaban J connectivity index is 2.00. The van der Waals surface area contributed by atoms with Crippen molar-refractivity contribution in [2.24, 2.45) is 0 Å². The molecule has 1 heterocycles. The summed E-state index contributed by atoms with van der Waals surface area (Å²) in [4.78, 5) is 8.21. The van der Waals surface area contributed by atoms with E-state index in [-0.39, 0.29) is 0 Å². The van der Waals surface area contributed by atoms with Crippen LogP contribution in [-0.4, -0.2) is 16.0 Å². The molecule has 0 aromatic carbocycles. The number of hydrogen-bond donors (Lipinski definition) is 1. The number of anilines is 1. The molecular weight excluding hydrogens is 188 g/mol. The fourth-order valence-electron chi connectivity index (χ4n) is 1.92. The lowest BCUT2D eigenvalue weighted by atomic mass is 9.96. The SMILES string of the molecule is N#Cc1ccnc(NC2CCCCC2)n1. The van der Waals surface area contributed by atoms with Gasteiger partial charge in [-0.1, -0.05) is 19.3 Å². The Hall–Kier alpha value is -1.63. The van der Waals surface area contributed by atoms with Crippen molar-refractivity contribution < 1.29 is 0 Å². The van der Waals surface area contributed by atoms with Gasteiger partial charge < -0.3 is 5.32 Å². The van der Waals surface area contributed by atoms with Crippen molar-refractivity contribution in [1.29, 1.82) is 5.26 Å². The second-order valence-electron chi connectivity index (χ2n) is 3.86. The number of aromatic nitrogens is 2. The number of nitriles is 1. The maximum atomic E-state index is 8.70. The molecule has 1 fully saturated rings. The predicted molar refractivity (Wildman–Crippen MR) is 57.2 cm³/mol. The molecule has 15 heavy (non-hydrogen) atoms. The van der Waals surface area contributed by atoms with Crippen molar-refractivity contribution in [2.45, 2.75) is 38.1 Å². The van der Waals surface area contributed by atoms with Crippen LogP contribution in [0.5, 0.6) is 0 Å². The van der Waals surface area contributed by atoms with Crippen LogP contribution in [0.3, 0.4) is 0 Å². The van der Waals surface area contributed by atoms with Crippen molar-refractivity contribution in [2.75, 3.05) is 5.32 Å². The quantitative estimate of drug-likeness (QED) is 0.797. The van der Waals surface area contributed by atoms with Crippen LogP contribution in [0.15, 0.2) is 12.3 Å². The molecule has 0 bridgehead atoms. The van der Waals surface area contributed by atoms with Crippen LogP contribution in [0.25, 0.3) is 0 Å². The number of rotatable bonds is 2. The fourth-order valence-corrected chi connectivity index (χ4v) is 1.92. The Morgan fingerprint density at radius 2 is 2.13 bits per heavy atom. The summed E-state index contributed by atoms with van der Waals surface area (Å²) >= 11 is 0. The van der Waals surface area contributed by atoms with E-state index >= 15 is 0 Å². The minimum absolute atomic E-state index is 0.420. The molecule has 2 rings (SSSR count). The lowest BCUT2D eigenvalue weighted by Gasteiger charge is -2.22. The van der Waals surface area contributed by atoms with E-state index in [1.165, 1.54) is 32.1 Å². The monoisotopic (exact) mass is 202 g/mol. The van der Waals surface area contributed by atoms with Crippen LogP contribution in [0.2, 0.25) is 0 Å². The van der Waals surface area contributed by atoms with Gasteiger partial charge in [-0.25, -0.2) is 9.97 Å². The van der Waals surface area contributed by atoms with Crippen LogP contribution < -0.4 is 5.32 Å². The zero-order valence-electron chi connectivity index (χ0n) is 8.61. The first-order valence-electron chi connectivity index (χ1n) is 5.38. The minimum Gasteiger partial charge on any atom is -0.351 e. The summed E-state index contributed by atoms with van der Waals surface area (Å²) in [5.74, 6) is 0.584. The third-order valence-corrected chi connectivity index (χ3v) is 2.71. The molecule has 0 atom stereocenters. The molecule has 1 N–H and O–H groups in total. The van der Waals surface area contributed by atoms with E-state index in [4.69, 9.17) is 5.26 Å². The molecule has 1 aromatic rings. The molecule has 0 radical (unpaired) electrons. The molecule has 4 heteroatoms. The van der Waals surface area contributed by atoms with Crippen molar-refractivity contribution >= 4 is 5.95 Å². The summed E-state index contributed by atoms with van der Waals surface area (Å²) in [5.41, 5.74) is 0.420. The molecule has 0 unspecified atom stereocenters. The fraction of sp³-hybridized carbons (Fsp3) is 0.545. The normalized spacial score (nSPS) is 17.0. The van der Waals surface area contributed by atoms with Gasteiger partial charge in [-0.05, 0) is 18.9 Å². The Bertz CT molecular complexity index is 363. The summed E-state index contributed by atoms with van der Waals surface area (Å²) in [5, 5.41) is 12.0. The second-order valence-corrected chi connectivity index (χ2v) is 3.86. The van der Waals surface area contributed by atoms with E-state index in [0.717, 1.165) is 0 Å². The van der Waals surface area contributed by atoms with E-state index in [9.17, 15) is 0 Å². The summed E-state index contributed by atoms with van der Waals surface area (Å²) in [6.07, 6.45) is 7.86. The molecule has 1 aromatic heterocycles. The Kier molecular flexibility index (Phi) is 3.13. The minimum atomic E-state index is 0.420. The third-order valence-electron chi connectivity index (χ3n) is 2.71. The average molecular weight is 202 g/mol. The molecule has 1 saturated carbocycles. The van der Waals surface area contributed by atoms with E-state index < -0.39 is 0 Å². The van der Waals surface area contributed by atoms with Crippen LogP contribution >= 0.6 is 0 Å². The maximum absolute atomic E-state index is 8.70.